The lowest BCUT2D eigenvalue weighted by atomic mass is 9.85. The summed E-state index contributed by atoms with van der Waals surface area (Å²) in [5, 5.41) is 50.0. The molecule has 1 aliphatic rings. The number of esters is 2. The van der Waals surface area contributed by atoms with Gasteiger partial charge in [-0.05, 0) is 64.2 Å². The SMILES string of the molecule is CC/C=C/C=C/C=C/C=C/CCCCCC(=O)OC(COC(=O)CC/C=C/C/C=C/C/C=C/C/C=C/C/C=C/CC)COP(=O)(O)OC1C(O)C(O)C(O)[C@H](O)C1O. The monoisotopic (exact) mass is 834 g/mol. The van der Waals surface area contributed by atoms with Gasteiger partial charge in [-0.2, -0.15) is 0 Å². The molecule has 58 heavy (non-hydrogen) atoms. The Labute approximate surface area is 344 Å². The Kier molecular flexibility index (Phi) is 30.2. The first-order valence-corrected chi connectivity index (χ1v) is 21.7. The Hall–Kier alpha value is -3.49. The molecule has 14 heteroatoms. The number of carbonyl (C=O) groups is 2. The summed E-state index contributed by atoms with van der Waals surface area (Å²) in [5.74, 6) is -1.26. The van der Waals surface area contributed by atoms with Crippen molar-refractivity contribution in [3.05, 3.63) is 109 Å². The van der Waals surface area contributed by atoms with Gasteiger partial charge in [0.1, 0.15) is 43.2 Å². The van der Waals surface area contributed by atoms with Gasteiger partial charge in [0, 0.05) is 12.8 Å². The van der Waals surface area contributed by atoms with Crippen LogP contribution in [0.4, 0.5) is 0 Å². The van der Waals surface area contributed by atoms with Crippen molar-refractivity contribution < 1.29 is 63.1 Å². The van der Waals surface area contributed by atoms with Crippen molar-refractivity contribution in [1.82, 2.24) is 0 Å². The standard InChI is InChI=1S/C44H67O13P/c1-3-5-7-9-11-13-15-17-18-19-21-22-24-26-28-30-32-37(45)54-34-36(35-55-58(52,53)57-44-42(50)40(48)39(47)41(49)43(44)51)56-38(46)33-31-29-27-25-23-20-16-14-12-10-8-6-4-2/h5-8,10-14,16-18,20-23,26,28,36,39-44,47-51H,3-4,9,15,19,24-25,27,29-35H2,1-2H3,(H,52,53)/b7-5+,8-6+,12-10+,13-11+,16-14+,18-17+,22-21+,23-20+,28-26+/t36?,39?,40-,41?,42?,43?,44?/m0/s1. The number of ether oxygens (including phenoxy) is 2. The van der Waals surface area contributed by atoms with Crippen molar-refractivity contribution in [3.8, 4) is 0 Å². The summed E-state index contributed by atoms with van der Waals surface area (Å²) >= 11 is 0. The van der Waals surface area contributed by atoms with Crippen LogP contribution in [-0.4, -0.2) is 98.3 Å². The van der Waals surface area contributed by atoms with Crippen molar-refractivity contribution in [1.29, 1.82) is 0 Å². The van der Waals surface area contributed by atoms with Gasteiger partial charge in [0.05, 0.1) is 6.61 Å². The molecule has 0 aliphatic heterocycles. The molecule has 1 fully saturated rings. The van der Waals surface area contributed by atoms with E-state index in [1.807, 2.05) is 60.8 Å². The molecule has 0 heterocycles. The van der Waals surface area contributed by atoms with Gasteiger partial charge < -0.3 is 39.9 Å². The van der Waals surface area contributed by atoms with E-state index in [0.29, 0.717) is 19.3 Å². The summed E-state index contributed by atoms with van der Waals surface area (Å²) in [5.41, 5.74) is 0. The molecule has 1 saturated carbocycles. The third-order valence-electron chi connectivity index (χ3n) is 8.47. The van der Waals surface area contributed by atoms with E-state index in [-0.39, 0.29) is 12.8 Å². The number of rotatable bonds is 30. The maximum atomic E-state index is 12.8. The van der Waals surface area contributed by atoms with Crippen LogP contribution in [0, 0.1) is 0 Å². The summed E-state index contributed by atoms with van der Waals surface area (Å²) in [6.45, 7) is 2.90. The van der Waals surface area contributed by atoms with E-state index >= 15 is 0 Å². The quantitative estimate of drug-likeness (QED) is 0.0144. The Bertz CT molecular complexity index is 1430. The van der Waals surface area contributed by atoms with E-state index in [1.54, 1.807) is 0 Å². The highest BCUT2D eigenvalue weighted by atomic mass is 31.2. The fraction of sp³-hybridized carbons (Fsp3) is 0.545. The largest absolute Gasteiger partial charge is 0.472 e. The van der Waals surface area contributed by atoms with E-state index in [0.717, 1.165) is 51.4 Å². The van der Waals surface area contributed by atoms with Crippen molar-refractivity contribution in [2.45, 2.75) is 140 Å². The number of phosphoric ester groups is 1. The number of hydrogen-bond acceptors (Lipinski definition) is 12. The van der Waals surface area contributed by atoms with Crippen LogP contribution in [0.2, 0.25) is 0 Å². The molecule has 0 aromatic heterocycles. The van der Waals surface area contributed by atoms with E-state index in [2.05, 4.69) is 62.5 Å². The Morgan fingerprint density at radius 3 is 1.62 bits per heavy atom. The van der Waals surface area contributed by atoms with Gasteiger partial charge >= 0.3 is 19.8 Å². The van der Waals surface area contributed by atoms with E-state index in [9.17, 15) is 44.6 Å². The second-order valence-corrected chi connectivity index (χ2v) is 14.9. The second kappa shape index (κ2) is 33.4. The fourth-order valence-electron chi connectivity index (χ4n) is 5.23. The zero-order chi connectivity index (χ0) is 42.9. The van der Waals surface area contributed by atoms with Gasteiger partial charge in [0.2, 0.25) is 0 Å². The number of carbonyl (C=O) groups excluding carboxylic acids is 2. The molecular weight excluding hydrogens is 767 g/mol. The van der Waals surface area contributed by atoms with Crippen LogP contribution in [0.5, 0.6) is 0 Å². The highest BCUT2D eigenvalue weighted by Crippen LogP contribution is 2.47. The Morgan fingerprint density at radius 2 is 1.05 bits per heavy atom. The lowest BCUT2D eigenvalue weighted by molar-refractivity contribution is -0.220. The van der Waals surface area contributed by atoms with Crippen molar-refractivity contribution >= 4 is 19.8 Å². The average molecular weight is 835 g/mol. The number of aliphatic hydroxyl groups is 5. The fourth-order valence-corrected chi connectivity index (χ4v) is 6.20. The summed E-state index contributed by atoms with van der Waals surface area (Å²) < 4.78 is 33.3. The molecule has 0 radical (unpaired) electrons. The van der Waals surface area contributed by atoms with Crippen LogP contribution in [0.25, 0.3) is 0 Å². The second-order valence-electron chi connectivity index (χ2n) is 13.5. The Balaban J connectivity index is 2.61. The molecule has 8 atom stereocenters. The highest BCUT2D eigenvalue weighted by Gasteiger charge is 2.51. The molecule has 326 valence electrons. The summed E-state index contributed by atoms with van der Waals surface area (Å²) in [7, 11) is -5.15. The van der Waals surface area contributed by atoms with Crippen molar-refractivity contribution in [2.75, 3.05) is 13.2 Å². The summed E-state index contributed by atoms with van der Waals surface area (Å²) in [6.07, 6.45) is 31.8. The lowest BCUT2D eigenvalue weighted by Crippen LogP contribution is -2.64. The maximum Gasteiger partial charge on any atom is 0.472 e. The minimum Gasteiger partial charge on any atom is -0.462 e. The molecule has 13 nitrogen and oxygen atoms in total. The summed E-state index contributed by atoms with van der Waals surface area (Å²) in [6, 6.07) is 0. The molecule has 1 aliphatic carbocycles. The van der Waals surface area contributed by atoms with Crippen LogP contribution in [-0.2, 0) is 32.7 Å². The minimum absolute atomic E-state index is 0.0268. The maximum absolute atomic E-state index is 12.8. The zero-order valence-corrected chi connectivity index (χ0v) is 34.9. The normalized spacial score (nSPS) is 23.7. The highest BCUT2D eigenvalue weighted by molar-refractivity contribution is 7.47. The predicted molar refractivity (Wildman–Crippen MR) is 225 cm³/mol. The molecule has 0 aromatic rings. The summed E-state index contributed by atoms with van der Waals surface area (Å²) in [4.78, 5) is 35.5. The first kappa shape index (κ1) is 52.5. The van der Waals surface area contributed by atoms with Gasteiger partial charge in [-0.1, -0.05) is 130 Å². The molecule has 6 N–H and O–H groups in total. The molecule has 0 amide bonds. The number of phosphoric acid groups is 1. The third-order valence-corrected chi connectivity index (χ3v) is 9.45. The van der Waals surface area contributed by atoms with E-state index in [4.69, 9.17) is 18.5 Å². The topological polar surface area (TPSA) is 210 Å². The van der Waals surface area contributed by atoms with Crippen molar-refractivity contribution in [3.63, 3.8) is 0 Å². The molecule has 1 rings (SSSR count). The predicted octanol–water partition coefficient (Wildman–Crippen LogP) is 6.88. The molecular formula is C44H67O13P. The van der Waals surface area contributed by atoms with Crippen LogP contribution in [0.3, 0.4) is 0 Å². The van der Waals surface area contributed by atoms with Gasteiger partial charge in [-0.25, -0.2) is 4.57 Å². The van der Waals surface area contributed by atoms with E-state index in [1.165, 1.54) is 0 Å². The first-order valence-electron chi connectivity index (χ1n) is 20.2. The van der Waals surface area contributed by atoms with Crippen LogP contribution >= 0.6 is 7.82 Å². The minimum atomic E-state index is -5.15. The van der Waals surface area contributed by atoms with Crippen LogP contribution in [0.15, 0.2) is 109 Å². The molecule has 0 bridgehead atoms. The number of hydrogen-bond donors (Lipinski definition) is 6. The van der Waals surface area contributed by atoms with E-state index < -0.39 is 75.7 Å². The Morgan fingerprint density at radius 1 is 0.552 bits per heavy atom. The molecule has 0 saturated heterocycles. The molecule has 0 aromatic carbocycles. The zero-order valence-electron chi connectivity index (χ0n) is 34.0. The smallest absolute Gasteiger partial charge is 0.462 e. The lowest BCUT2D eigenvalue weighted by Gasteiger charge is -2.41. The molecule has 0 spiro atoms. The number of allylic oxidation sites excluding steroid dienone is 18. The molecule has 7 unspecified atom stereocenters. The van der Waals surface area contributed by atoms with Crippen molar-refractivity contribution in [2.24, 2.45) is 0 Å². The first-order chi connectivity index (χ1) is 27.9. The van der Waals surface area contributed by atoms with Gasteiger partial charge in [-0.15, -0.1) is 0 Å². The van der Waals surface area contributed by atoms with Gasteiger partial charge in [-0.3, -0.25) is 18.6 Å². The van der Waals surface area contributed by atoms with Crippen LogP contribution < -0.4 is 0 Å². The number of unbranched alkanes of at least 4 members (excludes halogenated alkanes) is 3. The van der Waals surface area contributed by atoms with Crippen LogP contribution in [0.1, 0.15) is 97.3 Å². The van der Waals surface area contributed by atoms with Gasteiger partial charge in [0.25, 0.3) is 0 Å². The van der Waals surface area contributed by atoms with Gasteiger partial charge in [0.15, 0.2) is 6.10 Å². The average Bonchev–Trinajstić information content (AvgIpc) is 3.20. The third kappa shape index (κ3) is 25.8. The number of aliphatic hydroxyl groups excluding tert-OH is 5.